The monoisotopic (exact) mass is 224 g/mol. The highest BCUT2D eigenvalue weighted by Crippen LogP contribution is 2.32. The van der Waals surface area contributed by atoms with Gasteiger partial charge in [0.15, 0.2) is 0 Å². The lowest BCUT2D eigenvalue weighted by Crippen LogP contribution is -2.34. The van der Waals surface area contributed by atoms with Crippen LogP contribution in [0.15, 0.2) is 24.5 Å². The fraction of sp³-hybridized carbons (Fsp3) is 0.400. The number of nitrogens with one attached hydrogen (secondary N) is 1. The molecule has 0 saturated carbocycles. The summed E-state index contributed by atoms with van der Waals surface area (Å²) in [5, 5.41) is 3.38. The van der Waals surface area contributed by atoms with E-state index < -0.39 is 0 Å². The highest BCUT2D eigenvalue weighted by Gasteiger charge is 2.30. The van der Waals surface area contributed by atoms with Gasteiger partial charge in [0.05, 0.1) is 12.5 Å². The van der Waals surface area contributed by atoms with E-state index in [-0.39, 0.29) is 17.4 Å². The first-order valence-electron chi connectivity index (χ1n) is 4.66. The van der Waals surface area contributed by atoms with Gasteiger partial charge in [-0.1, -0.05) is 0 Å². The molecule has 1 aromatic rings. The van der Waals surface area contributed by atoms with Crippen LogP contribution in [0.1, 0.15) is 10.9 Å². The van der Waals surface area contributed by atoms with E-state index in [4.69, 9.17) is 4.74 Å². The molecule has 2 heterocycles. The van der Waals surface area contributed by atoms with Crippen LogP contribution < -0.4 is 5.32 Å². The molecule has 1 fully saturated rings. The number of aromatic nitrogens is 1. The molecule has 0 amide bonds. The lowest BCUT2D eigenvalue weighted by Gasteiger charge is -2.11. The molecular formula is C10H12N2O2S. The molecule has 4 nitrogen and oxygen atoms in total. The van der Waals surface area contributed by atoms with Crippen molar-refractivity contribution in [2.75, 3.05) is 12.9 Å². The number of methoxy groups -OCH3 is 1. The van der Waals surface area contributed by atoms with Gasteiger partial charge in [-0.05, 0) is 17.7 Å². The van der Waals surface area contributed by atoms with Gasteiger partial charge in [0, 0.05) is 18.1 Å². The number of ether oxygens (including phenoxy) is 1. The van der Waals surface area contributed by atoms with E-state index in [1.54, 1.807) is 24.2 Å². The quantitative estimate of drug-likeness (QED) is 0.758. The predicted octanol–water partition coefficient (Wildman–Crippen LogP) is 0.958. The van der Waals surface area contributed by atoms with E-state index in [0.717, 1.165) is 11.3 Å². The van der Waals surface area contributed by atoms with Crippen LogP contribution in [-0.2, 0) is 9.53 Å². The summed E-state index contributed by atoms with van der Waals surface area (Å²) >= 11 is 1.71. The van der Waals surface area contributed by atoms with Crippen molar-refractivity contribution in [3.05, 3.63) is 30.1 Å². The molecule has 1 aromatic heterocycles. The molecule has 1 aliphatic heterocycles. The van der Waals surface area contributed by atoms with Gasteiger partial charge < -0.3 is 4.74 Å². The Labute approximate surface area is 92.4 Å². The van der Waals surface area contributed by atoms with E-state index in [9.17, 15) is 4.79 Å². The molecule has 2 unspecified atom stereocenters. The number of thioether (sulfide) groups is 1. The summed E-state index contributed by atoms with van der Waals surface area (Å²) in [6.45, 7) is 0. The molecule has 1 N–H and O–H groups in total. The molecule has 15 heavy (non-hydrogen) atoms. The minimum absolute atomic E-state index is 0.164. The van der Waals surface area contributed by atoms with Crippen LogP contribution in [0.2, 0.25) is 0 Å². The topological polar surface area (TPSA) is 51.2 Å². The molecule has 0 bridgehead atoms. The van der Waals surface area contributed by atoms with Crippen molar-refractivity contribution >= 4 is 17.7 Å². The highest BCUT2D eigenvalue weighted by atomic mass is 32.2. The molecule has 80 valence electrons. The second-order valence-corrected chi connectivity index (χ2v) is 4.37. The van der Waals surface area contributed by atoms with Gasteiger partial charge >= 0.3 is 5.97 Å². The number of rotatable bonds is 2. The zero-order chi connectivity index (χ0) is 10.7. The van der Waals surface area contributed by atoms with Gasteiger partial charge in [0.25, 0.3) is 0 Å². The van der Waals surface area contributed by atoms with E-state index >= 15 is 0 Å². The fourth-order valence-corrected chi connectivity index (χ4v) is 2.71. The van der Waals surface area contributed by atoms with Crippen LogP contribution in [0.25, 0.3) is 0 Å². The summed E-state index contributed by atoms with van der Waals surface area (Å²) in [5.74, 6) is 0.554. The van der Waals surface area contributed by atoms with Crippen molar-refractivity contribution in [2.24, 2.45) is 0 Å². The Balaban J connectivity index is 2.02. The average molecular weight is 224 g/mol. The molecular weight excluding hydrogens is 212 g/mol. The first-order chi connectivity index (χ1) is 7.31. The summed E-state index contributed by atoms with van der Waals surface area (Å²) in [7, 11) is 1.41. The normalized spacial score (nSPS) is 25.1. The predicted molar refractivity (Wildman–Crippen MR) is 58.4 cm³/mol. The summed E-state index contributed by atoms with van der Waals surface area (Å²) in [6.07, 6.45) is 3.51. The maximum atomic E-state index is 11.3. The SMILES string of the molecule is COC(=O)C1CSC(c2ccncc2)N1. The van der Waals surface area contributed by atoms with E-state index in [0.29, 0.717) is 0 Å². The van der Waals surface area contributed by atoms with Crippen LogP contribution >= 0.6 is 11.8 Å². The Bertz CT molecular complexity index is 345. The third kappa shape index (κ3) is 2.30. The van der Waals surface area contributed by atoms with Crippen molar-refractivity contribution in [2.45, 2.75) is 11.4 Å². The third-order valence-electron chi connectivity index (χ3n) is 2.28. The minimum Gasteiger partial charge on any atom is -0.468 e. The largest absolute Gasteiger partial charge is 0.468 e. The third-order valence-corrected chi connectivity index (χ3v) is 3.54. The Morgan fingerprint density at radius 2 is 2.33 bits per heavy atom. The van der Waals surface area contributed by atoms with E-state index in [1.807, 2.05) is 12.1 Å². The second-order valence-electron chi connectivity index (χ2n) is 3.24. The second kappa shape index (κ2) is 4.63. The van der Waals surface area contributed by atoms with Crippen LogP contribution in [0.3, 0.4) is 0 Å². The van der Waals surface area contributed by atoms with E-state index in [1.165, 1.54) is 7.11 Å². The molecule has 5 heteroatoms. The highest BCUT2D eigenvalue weighted by molar-refractivity contribution is 7.99. The maximum absolute atomic E-state index is 11.3. The van der Waals surface area contributed by atoms with Crippen molar-refractivity contribution in [1.29, 1.82) is 0 Å². The Kier molecular flexibility index (Phi) is 3.23. The smallest absolute Gasteiger partial charge is 0.323 e. The zero-order valence-electron chi connectivity index (χ0n) is 8.34. The van der Waals surface area contributed by atoms with Crippen molar-refractivity contribution in [3.8, 4) is 0 Å². The number of pyridine rings is 1. The fourth-order valence-electron chi connectivity index (χ4n) is 1.48. The number of carbonyl (C=O) groups is 1. The molecule has 0 radical (unpaired) electrons. The van der Waals surface area contributed by atoms with Crippen molar-refractivity contribution < 1.29 is 9.53 Å². The first kappa shape index (κ1) is 10.4. The number of hydrogen-bond acceptors (Lipinski definition) is 5. The van der Waals surface area contributed by atoms with Gasteiger partial charge in [0.1, 0.15) is 6.04 Å². The molecule has 1 aliphatic rings. The first-order valence-corrected chi connectivity index (χ1v) is 5.71. The summed E-state index contributed by atoms with van der Waals surface area (Å²) < 4.78 is 4.69. The maximum Gasteiger partial charge on any atom is 0.323 e. The average Bonchev–Trinajstić information content (AvgIpc) is 2.78. The number of hydrogen-bond donors (Lipinski definition) is 1. The number of nitrogens with zero attached hydrogens (tertiary/aromatic N) is 1. The molecule has 2 rings (SSSR count). The molecule has 0 spiro atoms. The summed E-state index contributed by atoms with van der Waals surface area (Å²) in [5.41, 5.74) is 1.14. The van der Waals surface area contributed by atoms with Crippen LogP contribution in [0, 0.1) is 0 Å². The molecule has 1 saturated heterocycles. The molecule has 2 atom stereocenters. The Morgan fingerprint density at radius 1 is 1.60 bits per heavy atom. The number of carbonyl (C=O) groups excluding carboxylic acids is 1. The molecule has 0 aliphatic carbocycles. The van der Waals surface area contributed by atoms with Crippen molar-refractivity contribution in [3.63, 3.8) is 0 Å². The molecule has 0 aromatic carbocycles. The zero-order valence-corrected chi connectivity index (χ0v) is 9.16. The Hall–Kier alpha value is -1.07. The lowest BCUT2D eigenvalue weighted by molar-refractivity contribution is -0.142. The number of esters is 1. The summed E-state index contributed by atoms with van der Waals surface area (Å²) in [6, 6.07) is 3.70. The van der Waals surface area contributed by atoms with Crippen molar-refractivity contribution in [1.82, 2.24) is 10.3 Å². The van der Waals surface area contributed by atoms with Gasteiger partial charge in [-0.2, -0.15) is 0 Å². The summed E-state index contributed by atoms with van der Waals surface area (Å²) in [4.78, 5) is 15.2. The van der Waals surface area contributed by atoms with Crippen LogP contribution in [0.5, 0.6) is 0 Å². The van der Waals surface area contributed by atoms with Gasteiger partial charge in [-0.25, -0.2) is 0 Å². The van der Waals surface area contributed by atoms with Gasteiger partial charge in [0.2, 0.25) is 0 Å². The minimum atomic E-state index is -0.196. The van der Waals surface area contributed by atoms with Crippen LogP contribution in [-0.4, -0.2) is 29.9 Å². The van der Waals surface area contributed by atoms with E-state index in [2.05, 4.69) is 10.3 Å². The standard InChI is InChI=1S/C10H12N2O2S/c1-14-10(13)8-6-15-9(12-8)7-2-4-11-5-3-7/h2-5,8-9,12H,6H2,1H3. The Morgan fingerprint density at radius 3 is 3.00 bits per heavy atom. The van der Waals surface area contributed by atoms with Gasteiger partial charge in [-0.15, -0.1) is 11.8 Å². The van der Waals surface area contributed by atoms with Crippen LogP contribution in [0.4, 0.5) is 0 Å². The van der Waals surface area contributed by atoms with Gasteiger partial charge in [-0.3, -0.25) is 15.1 Å². The lowest BCUT2D eigenvalue weighted by atomic mass is 10.2.